The van der Waals surface area contributed by atoms with E-state index in [2.05, 4.69) is 91.4 Å². The van der Waals surface area contributed by atoms with Crippen molar-refractivity contribution in [1.29, 1.82) is 0 Å². The van der Waals surface area contributed by atoms with Crippen LogP contribution in [0.3, 0.4) is 0 Å². The molecule has 0 fully saturated rings. The van der Waals surface area contributed by atoms with E-state index in [-0.39, 0.29) is 0 Å². The van der Waals surface area contributed by atoms with Gasteiger partial charge in [0, 0.05) is 40.6 Å². The molecule has 2 aliphatic heterocycles. The van der Waals surface area contributed by atoms with Crippen molar-refractivity contribution >= 4 is 23.6 Å². The zero-order chi connectivity index (χ0) is 25.6. The minimum Gasteiger partial charge on any atom is -0.359 e. The molecule has 2 N–H and O–H groups in total. The average Bonchev–Trinajstić information content (AvgIpc) is 3.45. The fourth-order valence-electron chi connectivity index (χ4n) is 5.37. The Morgan fingerprint density at radius 3 is 1.20 bits per heavy atom. The van der Waals surface area contributed by atoms with E-state index in [4.69, 9.17) is 9.98 Å². The largest absolute Gasteiger partial charge is 0.359 e. The van der Waals surface area contributed by atoms with Crippen LogP contribution in [0.15, 0.2) is 43.7 Å². The summed E-state index contributed by atoms with van der Waals surface area (Å²) >= 11 is 0. The van der Waals surface area contributed by atoms with Gasteiger partial charge in [0.1, 0.15) is 0 Å². The van der Waals surface area contributed by atoms with Crippen LogP contribution in [0.5, 0.6) is 0 Å². The minimum atomic E-state index is 0.926. The summed E-state index contributed by atoms with van der Waals surface area (Å²) in [6, 6.07) is 0. The molecule has 2 aromatic rings. The maximum Gasteiger partial charge on any atom is 0.0686 e. The standard InChI is InChI=1S/C31H40N4/c1-11-24-26(22(9)34-30(24)14-28-18(5)16(3)20(7)32-28)13-27-23(10)35-31(25(27)12-2)15-29-19(6)17(4)21(8)33-29/h14-15,34-35H,11-13H2,1-10H3/b28-14-,29-15+. The first-order valence-electron chi connectivity index (χ1n) is 12.9. The molecule has 0 unspecified atom stereocenters. The molecule has 2 aliphatic rings. The molecule has 184 valence electrons. The highest BCUT2D eigenvalue weighted by molar-refractivity contribution is 6.04. The lowest BCUT2D eigenvalue weighted by molar-refractivity contribution is 1.02. The Bertz CT molecular complexity index is 1280. The molecular weight excluding hydrogens is 428 g/mol. The number of allylic oxidation sites excluding steroid dienone is 4. The number of nitrogens with one attached hydrogen (secondary N) is 2. The van der Waals surface area contributed by atoms with E-state index < -0.39 is 0 Å². The summed E-state index contributed by atoms with van der Waals surface area (Å²) in [4.78, 5) is 17.0. The Morgan fingerprint density at radius 1 is 0.543 bits per heavy atom. The average molecular weight is 469 g/mol. The summed E-state index contributed by atoms with van der Waals surface area (Å²) in [7, 11) is 0. The summed E-state index contributed by atoms with van der Waals surface area (Å²) in [5.41, 5.74) is 20.0. The van der Waals surface area contributed by atoms with Crippen LogP contribution in [0.1, 0.15) is 100 Å². The van der Waals surface area contributed by atoms with Crippen LogP contribution in [0, 0.1) is 13.8 Å². The molecule has 0 radical (unpaired) electrons. The summed E-state index contributed by atoms with van der Waals surface area (Å²) in [5.74, 6) is 0. The Balaban J connectivity index is 1.75. The number of aromatic amines is 2. The summed E-state index contributed by atoms with van der Waals surface area (Å²) in [6.07, 6.45) is 7.38. The second-order valence-electron chi connectivity index (χ2n) is 10.1. The highest BCUT2D eigenvalue weighted by Crippen LogP contribution is 2.33. The highest BCUT2D eigenvalue weighted by atomic mass is 14.8. The Hall–Kier alpha value is -3.14. The lowest BCUT2D eigenvalue weighted by atomic mass is 9.94. The summed E-state index contributed by atoms with van der Waals surface area (Å²) in [5, 5.41) is 0. The van der Waals surface area contributed by atoms with Gasteiger partial charge in [0.15, 0.2) is 0 Å². The van der Waals surface area contributed by atoms with Gasteiger partial charge in [-0.1, -0.05) is 13.8 Å². The third-order valence-electron chi connectivity index (χ3n) is 8.11. The molecule has 0 atom stereocenters. The number of rotatable bonds is 6. The van der Waals surface area contributed by atoms with Crippen molar-refractivity contribution < 1.29 is 0 Å². The van der Waals surface area contributed by atoms with E-state index >= 15 is 0 Å². The molecule has 0 spiro atoms. The fraction of sp³-hybridized carbons (Fsp3) is 0.419. The molecule has 0 saturated carbocycles. The molecule has 0 saturated heterocycles. The topological polar surface area (TPSA) is 56.3 Å². The number of aromatic nitrogens is 2. The molecule has 0 amide bonds. The van der Waals surface area contributed by atoms with Crippen LogP contribution in [-0.2, 0) is 19.3 Å². The van der Waals surface area contributed by atoms with Gasteiger partial charge in [-0.2, -0.15) is 0 Å². The monoisotopic (exact) mass is 468 g/mol. The van der Waals surface area contributed by atoms with E-state index in [0.29, 0.717) is 0 Å². The van der Waals surface area contributed by atoms with Gasteiger partial charge in [0.25, 0.3) is 0 Å². The fourth-order valence-corrected chi connectivity index (χ4v) is 5.37. The van der Waals surface area contributed by atoms with Gasteiger partial charge < -0.3 is 9.97 Å². The third kappa shape index (κ3) is 4.35. The molecule has 4 rings (SSSR count). The van der Waals surface area contributed by atoms with Crippen molar-refractivity contribution in [1.82, 2.24) is 9.97 Å². The second kappa shape index (κ2) is 9.49. The van der Waals surface area contributed by atoms with Gasteiger partial charge in [0.05, 0.1) is 11.4 Å². The van der Waals surface area contributed by atoms with Crippen LogP contribution >= 0.6 is 0 Å². The Morgan fingerprint density at radius 2 is 0.914 bits per heavy atom. The second-order valence-corrected chi connectivity index (χ2v) is 10.1. The van der Waals surface area contributed by atoms with Crippen molar-refractivity contribution in [2.45, 2.75) is 88.5 Å². The van der Waals surface area contributed by atoms with Crippen molar-refractivity contribution in [3.8, 4) is 0 Å². The zero-order valence-corrected chi connectivity index (χ0v) is 23.2. The highest BCUT2D eigenvalue weighted by Gasteiger charge is 2.21. The molecule has 2 aromatic heterocycles. The Labute approximate surface area is 210 Å². The number of H-pyrrole nitrogens is 2. The first kappa shape index (κ1) is 25.0. The normalized spacial score (nSPS) is 18.6. The number of nitrogens with zero attached hydrogens (tertiary/aromatic N) is 2. The van der Waals surface area contributed by atoms with Crippen LogP contribution < -0.4 is 0 Å². The van der Waals surface area contributed by atoms with Crippen molar-refractivity contribution in [3.63, 3.8) is 0 Å². The van der Waals surface area contributed by atoms with Crippen LogP contribution in [0.25, 0.3) is 12.2 Å². The van der Waals surface area contributed by atoms with E-state index in [9.17, 15) is 0 Å². The number of aliphatic imine (C=N–C) groups is 2. The van der Waals surface area contributed by atoms with Gasteiger partial charge in [-0.3, -0.25) is 9.98 Å². The molecular formula is C31H40N4. The predicted molar refractivity (Wildman–Crippen MR) is 152 cm³/mol. The van der Waals surface area contributed by atoms with Crippen LogP contribution in [0.2, 0.25) is 0 Å². The molecule has 4 heterocycles. The van der Waals surface area contributed by atoms with E-state index in [1.54, 1.807) is 0 Å². The van der Waals surface area contributed by atoms with Gasteiger partial charge in [-0.05, 0) is 125 Å². The lowest BCUT2D eigenvalue weighted by Crippen LogP contribution is -1.98. The zero-order valence-electron chi connectivity index (χ0n) is 23.2. The first-order chi connectivity index (χ1) is 16.6. The summed E-state index contributed by atoms with van der Waals surface area (Å²) in [6.45, 7) is 21.8. The van der Waals surface area contributed by atoms with Gasteiger partial charge >= 0.3 is 0 Å². The van der Waals surface area contributed by atoms with Crippen molar-refractivity contribution in [2.24, 2.45) is 9.98 Å². The van der Waals surface area contributed by atoms with Crippen molar-refractivity contribution in [3.05, 3.63) is 78.7 Å². The van der Waals surface area contributed by atoms with Crippen molar-refractivity contribution in [2.75, 3.05) is 0 Å². The molecule has 0 bridgehead atoms. The lowest BCUT2D eigenvalue weighted by Gasteiger charge is -2.08. The van der Waals surface area contributed by atoms with E-state index in [1.165, 1.54) is 67.3 Å². The molecule has 0 aromatic carbocycles. The quantitative estimate of drug-likeness (QED) is 0.432. The molecule has 4 heteroatoms. The van der Waals surface area contributed by atoms with Crippen LogP contribution in [0.4, 0.5) is 0 Å². The van der Waals surface area contributed by atoms with Gasteiger partial charge in [-0.15, -0.1) is 0 Å². The van der Waals surface area contributed by atoms with Gasteiger partial charge in [0.2, 0.25) is 0 Å². The SMILES string of the molecule is CCc1c(/C=C2\N=C(C)C(C)=C2C)[nH]c(C)c1Cc1c(C)[nH]c(/C=C2/N=C(C)C(C)=C2C)c1CC. The number of hydrogen-bond donors (Lipinski definition) is 2. The van der Waals surface area contributed by atoms with Crippen LogP contribution in [-0.4, -0.2) is 21.4 Å². The molecule has 35 heavy (non-hydrogen) atoms. The minimum absolute atomic E-state index is 0.926. The Kier molecular flexibility index (Phi) is 6.77. The predicted octanol–water partition coefficient (Wildman–Crippen LogP) is 7.98. The number of aryl methyl sites for hydroxylation is 2. The third-order valence-corrected chi connectivity index (χ3v) is 8.11. The first-order valence-corrected chi connectivity index (χ1v) is 12.9. The van der Waals surface area contributed by atoms with E-state index in [1.807, 2.05) is 0 Å². The molecule has 0 aliphatic carbocycles. The van der Waals surface area contributed by atoms with E-state index in [0.717, 1.165) is 42.1 Å². The maximum atomic E-state index is 4.81. The maximum absolute atomic E-state index is 4.81. The summed E-state index contributed by atoms with van der Waals surface area (Å²) < 4.78 is 0. The smallest absolute Gasteiger partial charge is 0.0686 e. The molecule has 4 nitrogen and oxygen atoms in total. The van der Waals surface area contributed by atoms with Gasteiger partial charge in [-0.25, -0.2) is 0 Å². The number of hydrogen-bond acceptors (Lipinski definition) is 2.